The standard InChI is InChI=1S/C28H26Cl2N2O3/c1-15-7-16(2)9-23(8-15)31-17(3)10-20(18(31)4)11-25-26(28(34)35-6)19(5)32(27(25)33)24-13-21(29)12-22(30)14-24/h7-14H,1-6H3/b25-11-. The van der Waals surface area contributed by atoms with Gasteiger partial charge in [0.1, 0.15) is 0 Å². The van der Waals surface area contributed by atoms with E-state index in [9.17, 15) is 9.59 Å². The first kappa shape index (κ1) is 24.8. The Morgan fingerprint density at radius 2 is 1.46 bits per heavy atom. The molecule has 7 heteroatoms. The van der Waals surface area contributed by atoms with Gasteiger partial charge in [-0.15, -0.1) is 0 Å². The Kier molecular flexibility index (Phi) is 6.67. The molecule has 5 nitrogen and oxygen atoms in total. The predicted octanol–water partition coefficient (Wildman–Crippen LogP) is 6.89. The number of aryl methyl sites for hydroxylation is 3. The molecule has 0 saturated heterocycles. The molecule has 1 amide bonds. The summed E-state index contributed by atoms with van der Waals surface area (Å²) in [5, 5.41) is 0.782. The second-order valence-corrected chi connectivity index (χ2v) is 9.66. The van der Waals surface area contributed by atoms with Gasteiger partial charge in [-0.2, -0.15) is 0 Å². The number of esters is 1. The van der Waals surface area contributed by atoms with Crippen LogP contribution in [0.1, 0.15) is 35.0 Å². The van der Waals surface area contributed by atoms with Gasteiger partial charge in [0.25, 0.3) is 5.91 Å². The topological polar surface area (TPSA) is 51.5 Å². The van der Waals surface area contributed by atoms with Crippen LogP contribution >= 0.6 is 23.2 Å². The van der Waals surface area contributed by atoms with Gasteiger partial charge < -0.3 is 9.30 Å². The second kappa shape index (κ2) is 9.40. The van der Waals surface area contributed by atoms with E-state index >= 15 is 0 Å². The molecule has 0 bridgehead atoms. The summed E-state index contributed by atoms with van der Waals surface area (Å²) < 4.78 is 7.18. The van der Waals surface area contributed by atoms with E-state index in [0.29, 0.717) is 21.4 Å². The van der Waals surface area contributed by atoms with Crippen LogP contribution < -0.4 is 4.90 Å². The molecule has 4 rings (SSSR count). The van der Waals surface area contributed by atoms with Crippen LogP contribution in [0.5, 0.6) is 0 Å². The number of amides is 1. The first-order valence-corrected chi connectivity index (χ1v) is 11.9. The number of hydrogen-bond donors (Lipinski definition) is 0. The molecular weight excluding hydrogens is 483 g/mol. The molecule has 1 aliphatic heterocycles. The van der Waals surface area contributed by atoms with Gasteiger partial charge in [-0.3, -0.25) is 9.69 Å². The van der Waals surface area contributed by atoms with Gasteiger partial charge in [0, 0.05) is 32.8 Å². The minimum absolute atomic E-state index is 0.213. The summed E-state index contributed by atoms with van der Waals surface area (Å²) in [7, 11) is 1.30. The Labute approximate surface area is 215 Å². The van der Waals surface area contributed by atoms with E-state index in [2.05, 4.69) is 36.6 Å². The Morgan fingerprint density at radius 1 is 0.857 bits per heavy atom. The number of methoxy groups -OCH3 is 1. The zero-order chi connectivity index (χ0) is 25.6. The number of carbonyl (C=O) groups excluding carboxylic acids is 2. The first-order valence-electron chi connectivity index (χ1n) is 11.1. The lowest BCUT2D eigenvalue weighted by atomic mass is 10.0. The lowest BCUT2D eigenvalue weighted by Crippen LogP contribution is -2.24. The zero-order valence-corrected chi connectivity index (χ0v) is 22.0. The van der Waals surface area contributed by atoms with E-state index in [1.165, 1.54) is 23.1 Å². The molecule has 0 atom stereocenters. The SMILES string of the molecule is COC(=O)C1=C(C)N(c2cc(Cl)cc(Cl)c2)C(=O)/C1=C\c1cc(C)n(-c2cc(C)cc(C)c2)c1C. The van der Waals surface area contributed by atoms with Crippen molar-refractivity contribution >= 4 is 46.8 Å². The van der Waals surface area contributed by atoms with Crippen molar-refractivity contribution in [1.29, 1.82) is 0 Å². The molecule has 0 unspecified atom stereocenters. The van der Waals surface area contributed by atoms with Gasteiger partial charge >= 0.3 is 5.97 Å². The molecule has 0 spiro atoms. The molecule has 2 heterocycles. The normalized spacial score (nSPS) is 14.9. The number of allylic oxidation sites excluding steroid dienone is 1. The number of rotatable bonds is 4. The highest BCUT2D eigenvalue weighted by Gasteiger charge is 2.38. The van der Waals surface area contributed by atoms with Crippen LogP contribution in [0.2, 0.25) is 10.0 Å². The van der Waals surface area contributed by atoms with Crippen LogP contribution in [0.3, 0.4) is 0 Å². The van der Waals surface area contributed by atoms with Gasteiger partial charge in [-0.25, -0.2) is 4.79 Å². The third-order valence-electron chi connectivity index (χ3n) is 6.13. The van der Waals surface area contributed by atoms with Gasteiger partial charge in [-0.05, 0) is 93.8 Å². The fraction of sp³-hybridized carbons (Fsp3) is 0.214. The summed E-state index contributed by atoms with van der Waals surface area (Å²) in [6.45, 7) is 9.86. The largest absolute Gasteiger partial charge is 0.465 e. The molecule has 0 N–H and O–H groups in total. The van der Waals surface area contributed by atoms with Crippen LogP contribution in [0, 0.1) is 27.7 Å². The van der Waals surface area contributed by atoms with E-state index in [0.717, 1.165) is 22.6 Å². The molecule has 0 fully saturated rings. The quantitative estimate of drug-likeness (QED) is 0.284. The number of carbonyl (C=O) groups is 2. The van der Waals surface area contributed by atoms with Crippen molar-refractivity contribution in [3.8, 4) is 5.69 Å². The monoisotopic (exact) mass is 508 g/mol. The van der Waals surface area contributed by atoms with Crippen molar-refractivity contribution in [3.05, 3.63) is 97.4 Å². The summed E-state index contributed by atoms with van der Waals surface area (Å²) >= 11 is 12.4. The number of benzene rings is 2. The smallest absolute Gasteiger partial charge is 0.340 e. The van der Waals surface area contributed by atoms with E-state index in [1.54, 1.807) is 31.2 Å². The number of aromatic nitrogens is 1. The van der Waals surface area contributed by atoms with Gasteiger partial charge in [0.05, 0.1) is 23.9 Å². The van der Waals surface area contributed by atoms with E-state index in [-0.39, 0.29) is 17.1 Å². The summed E-state index contributed by atoms with van der Waals surface area (Å²) in [5.74, 6) is -0.932. The van der Waals surface area contributed by atoms with Gasteiger partial charge in [0.15, 0.2) is 0 Å². The highest BCUT2D eigenvalue weighted by Crippen LogP contribution is 2.38. The Balaban J connectivity index is 1.87. The van der Waals surface area contributed by atoms with E-state index in [1.807, 2.05) is 19.9 Å². The first-order chi connectivity index (χ1) is 16.5. The van der Waals surface area contributed by atoms with Crippen LogP contribution in [0.25, 0.3) is 11.8 Å². The van der Waals surface area contributed by atoms with Crippen molar-refractivity contribution in [1.82, 2.24) is 4.57 Å². The van der Waals surface area contributed by atoms with Crippen LogP contribution in [0.4, 0.5) is 5.69 Å². The Morgan fingerprint density at radius 3 is 2.03 bits per heavy atom. The molecular formula is C28H26Cl2N2O3. The van der Waals surface area contributed by atoms with Crippen LogP contribution in [0.15, 0.2) is 59.3 Å². The fourth-order valence-electron chi connectivity index (χ4n) is 4.73. The minimum atomic E-state index is -0.583. The van der Waals surface area contributed by atoms with Gasteiger partial charge in [-0.1, -0.05) is 29.3 Å². The average molecular weight is 509 g/mol. The molecule has 35 heavy (non-hydrogen) atoms. The van der Waals surface area contributed by atoms with Gasteiger partial charge in [0.2, 0.25) is 0 Å². The molecule has 3 aromatic rings. The molecule has 180 valence electrons. The van der Waals surface area contributed by atoms with Crippen LogP contribution in [-0.2, 0) is 14.3 Å². The van der Waals surface area contributed by atoms with E-state index in [4.69, 9.17) is 27.9 Å². The third-order valence-corrected chi connectivity index (χ3v) is 6.57. The predicted molar refractivity (Wildman–Crippen MR) is 141 cm³/mol. The summed E-state index contributed by atoms with van der Waals surface area (Å²) in [4.78, 5) is 27.9. The molecule has 2 aromatic carbocycles. The summed E-state index contributed by atoms with van der Waals surface area (Å²) in [5.41, 5.74) is 7.60. The lowest BCUT2D eigenvalue weighted by molar-refractivity contribution is -0.136. The number of hydrogen-bond acceptors (Lipinski definition) is 3. The maximum absolute atomic E-state index is 13.7. The highest BCUT2D eigenvalue weighted by molar-refractivity contribution is 6.35. The molecule has 1 aromatic heterocycles. The maximum Gasteiger partial charge on any atom is 0.340 e. The molecule has 0 radical (unpaired) electrons. The van der Waals surface area contributed by atoms with E-state index < -0.39 is 5.97 Å². The summed E-state index contributed by atoms with van der Waals surface area (Å²) in [6, 6.07) is 13.3. The minimum Gasteiger partial charge on any atom is -0.465 e. The number of anilines is 1. The van der Waals surface area contributed by atoms with Crippen molar-refractivity contribution in [2.24, 2.45) is 0 Å². The second-order valence-electron chi connectivity index (χ2n) is 8.79. The lowest BCUT2D eigenvalue weighted by Gasteiger charge is -2.18. The van der Waals surface area contributed by atoms with Crippen molar-refractivity contribution in [2.45, 2.75) is 34.6 Å². The number of ether oxygens (including phenoxy) is 1. The van der Waals surface area contributed by atoms with Crippen molar-refractivity contribution < 1.29 is 14.3 Å². The molecule has 0 aliphatic carbocycles. The van der Waals surface area contributed by atoms with Crippen LogP contribution in [-0.4, -0.2) is 23.6 Å². The van der Waals surface area contributed by atoms with Crippen molar-refractivity contribution in [3.63, 3.8) is 0 Å². The zero-order valence-electron chi connectivity index (χ0n) is 20.5. The number of nitrogens with zero attached hydrogens (tertiary/aromatic N) is 2. The molecule has 1 aliphatic rings. The maximum atomic E-state index is 13.7. The Bertz CT molecular complexity index is 1410. The average Bonchev–Trinajstić information content (AvgIpc) is 3.17. The van der Waals surface area contributed by atoms with Crippen molar-refractivity contribution in [2.75, 3.05) is 12.0 Å². The fourth-order valence-corrected chi connectivity index (χ4v) is 5.24. The highest BCUT2D eigenvalue weighted by atomic mass is 35.5. The Hall–Kier alpha value is -3.28. The molecule has 0 saturated carbocycles. The summed E-state index contributed by atoms with van der Waals surface area (Å²) in [6.07, 6.45) is 1.76. The number of halogens is 2. The third kappa shape index (κ3) is 4.54.